The van der Waals surface area contributed by atoms with Crippen molar-refractivity contribution in [1.82, 2.24) is 4.98 Å². The van der Waals surface area contributed by atoms with Gasteiger partial charge < -0.3 is 13.9 Å². The Balaban J connectivity index is 1.78. The van der Waals surface area contributed by atoms with Gasteiger partial charge in [0.05, 0.1) is 31.3 Å². The lowest BCUT2D eigenvalue weighted by Crippen LogP contribution is -2.31. The first-order chi connectivity index (χ1) is 16.3. The summed E-state index contributed by atoms with van der Waals surface area (Å²) in [6, 6.07) is 21.1. The third-order valence-corrected chi connectivity index (χ3v) is 7.26. The van der Waals surface area contributed by atoms with Crippen LogP contribution in [0.3, 0.4) is 0 Å². The van der Waals surface area contributed by atoms with Gasteiger partial charge in [0.25, 0.3) is 10.0 Å². The molecule has 3 aromatic carbocycles. The molecule has 0 aliphatic rings. The van der Waals surface area contributed by atoms with Crippen LogP contribution in [0.5, 0.6) is 11.5 Å². The average molecular weight is 479 g/mol. The van der Waals surface area contributed by atoms with E-state index in [0.29, 0.717) is 34.5 Å². The molecule has 176 valence electrons. The van der Waals surface area contributed by atoms with E-state index in [4.69, 9.17) is 13.9 Å². The van der Waals surface area contributed by atoms with Crippen molar-refractivity contribution in [2.45, 2.75) is 25.3 Å². The number of benzene rings is 3. The maximum atomic E-state index is 13.8. The first-order valence-electron chi connectivity index (χ1n) is 10.7. The molecule has 0 fully saturated rings. The van der Waals surface area contributed by atoms with Crippen LogP contribution in [0.25, 0.3) is 11.5 Å². The molecule has 1 aromatic heterocycles. The van der Waals surface area contributed by atoms with E-state index in [1.165, 1.54) is 30.7 Å². The normalized spacial score (nSPS) is 11.3. The van der Waals surface area contributed by atoms with Crippen molar-refractivity contribution in [1.29, 1.82) is 0 Å². The van der Waals surface area contributed by atoms with Crippen LogP contribution in [0.4, 0.5) is 5.69 Å². The topological polar surface area (TPSA) is 81.9 Å². The first-order valence-corrected chi connectivity index (χ1v) is 12.1. The molecule has 8 heteroatoms. The molecule has 0 aliphatic carbocycles. The van der Waals surface area contributed by atoms with Crippen molar-refractivity contribution in [3.8, 4) is 23.0 Å². The molecule has 0 unspecified atom stereocenters. The van der Waals surface area contributed by atoms with Gasteiger partial charge in [0.15, 0.2) is 0 Å². The molecule has 0 saturated heterocycles. The van der Waals surface area contributed by atoms with Gasteiger partial charge in [0, 0.05) is 5.56 Å². The number of aryl methyl sites for hydroxylation is 2. The molecule has 0 bridgehead atoms. The third kappa shape index (κ3) is 4.63. The highest BCUT2D eigenvalue weighted by atomic mass is 32.2. The number of nitrogens with zero attached hydrogens (tertiary/aromatic N) is 2. The Labute approximate surface area is 199 Å². The first kappa shape index (κ1) is 23.4. The van der Waals surface area contributed by atoms with Crippen molar-refractivity contribution >= 4 is 15.7 Å². The van der Waals surface area contributed by atoms with Crippen molar-refractivity contribution in [3.63, 3.8) is 0 Å². The van der Waals surface area contributed by atoms with Gasteiger partial charge in [-0.15, -0.1) is 0 Å². The summed E-state index contributed by atoms with van der Waals surface area (Å²) in [7, 11) is -0.932. The van der Waals surface area contributed by atoms with Gasteiger partial charge in [0.1, 0.15) is 23.0 Å². The summed E-state index contributed by atoms with van der Waals surface area (Å²) in [4.78, 5) is 4.76. The molecule has 0 aliphatic heterocycles. The van der Waals surface area contributed by atoms with Gasteiger partial charge in [-0.2, -0.15) is 0 Å². The SMILES string of the molecule is COc1ccc(S(=O)(=O)N(Cc2nc(-c3ccc(C)cc3)oc2C)c2ccccc2OC)cc1. The van der Waals surface area contributed by atoms with Crippen LogP contribution < -0.4 is 13.8 Å². The van der Waals surface area contributed by atoms with Gasteiger partial charge in [-0.1, -0.05) is 29.8 Å². The van der Waals surface area contributed by atoms with Crippen LogP contribution >= 0.6 is 0 Å². The lowest BCUT2D eigenvalue weighted by atomic mass is 10.1. The maximum Gasteiger partial charge on any atom is 0.264 e. The third-order valence-electron chi connectivity index (χ3n) is 5.49. The fraction of sp³-hybridized carbons (Fsp3) is 0.192. The number of rotatable bonds is 8. The summed E-state index contributed by atoms with van der Waals surface area (Å²) >= 11 is 0. The predicted molar refractivity (Wildman–Crippen MR) is 131 cm³/mol. The number of sulfonamides is 1. The highest BCUT2D eigenvalue weighted by Crippen LogP contribution is 2.35. The van der Waals surface area contributed by atoms with Crippen molar-refractivity contribution < 1.29 is 22.3 Å². The lowest BCUT2D eigenvalue weighted by Gasteiger charge is -2.25. The van der Waals surface area contributed by atoms with Gasteiger partial charge in [0.2, 0.25) is 5.89 Å². The number of methoxy groups -OCH3 is 2. The van der Waals surface area contributed by atoms with Crippen LogP contribution in [-0.4, -0.2) is 27.6 Å². The quantitative estimate of drug-likeness (QED) is 0.339. The second-order valence-electron chi connectivity index (χ2n) is 7.75. The minimum atomic E-state index is -3.97. The van der Waals surface area contributed by atoms with E-state index in [9.17, 15) is 8.42 Å². The van der Waals surface area contributed by atoms with Gasteiger partial charge in [-0.05, 0) is 62.4 Å². The van der Waals surface area contributed by atoms with Crippen molar-refractivity contribution in [2.75, 3.05) is 18.5 Å². The zero-order valence-corrected chi connectivity index (χ0v) is 20.3. The van der Waals surface area contributed by atoms with E-state index < -0.39 is 10.0 Å². The summed E-state index contributed by atoms with van der Waals surface area (Å²) in [5.74, 6) is 1.98. The summed E-state index contributed by atoms with van der Waals surface area (Å²) in [5.41, 5.74) is 2.86. The largest absolute Gasteiger partial charge is 0.497 e. The molecule has 0 amide bonds. The average Bonchev–Trinajstić information content (AvgIpc) is 3.23. The zero-order chi connectivity index (χ0) is 24.3. The fourth-order valence-corrected chi connectivity index (χ4v) is 4.98. The van der Waals surface area contributed by atoms with Crippen LogP contribution in [0.2, 0.25) is 0 Å². The predicted octanol–water partition coefficient (Wildman–Crippen LogP) is 5.37. The Hall–Kier alpha value is -3.78. The molecule has 0 saturated carbocycles. The van der Waals surface area contributed by atoms with E-state index >= 15 is 0 Å². The second-order valence-corrected chi connectivity index (χ2v) is 9.61. The Kier molecular flexibility index (Phi) is 6.61. The van der Waals surface area contributed by atoms with E-state index in [1.54, 1.807) is 43.3 Å². The highest BCUT2D eigenvalue weighted by Gasteiger charge is 2.29. The van der Waals surface area contributed by atoms with E-state index in [2.05, 4.69) is 4.98 Å². The summed E-state index contributed by atoms with van der Waals surface area (Å²) in [6.45, 7) is 3.75. The molecule has 0 N–H and O–H groups in total. The van der Waals surface area contributed by atoms with Crippen molar-refractivity contribution in [3.05, 3.63) is 89.8 Å². The summed E-state index contributed by atoms with van der Waals surface area (Å²) in [6.07, 6.45) is 0. The molecule has 4 rings (SSSR count). The molecule has 0 radical (unpaired) electrons. The molecule has 0 atom stereocenters. The fourth-order valence-electron chi connectivity index (χ4n) is 3.54. The Bertz CT molecular complexity index is 1380. The molecular weight excluding hydrogens is 452 g/mol. The number of oxazole rings is 1. The van der Waals surface area contributed by atoms with Crippen molar-refractivity contribution in [2.24, 2.45) is 0 Å². The molecule has 4 aromatic rings. The molecular formula is C26H26N2O5S. The molecule has 7 nitrogen and oxygen atoms in total. The van der Waals surface area contributed by atoms with Gasteiger partial charge in [-0.3, -0.25) is 4.31 Å². The lowest BCUT2D eigenvalue weighted by molar-refractivity contribution is 0.414. The Morgan fingerprint density at radius 3 is 2.21 bits per heavy atom. The molecule has 34 heavy (non-hydrogen) atoms. The monoisotopic (exact) mass is 478 g/mol. The standard InChI is InChI=1S/C26H26N2O5S/c1-18-9-11-20(12-10-18)26-27-23(19(2)33-26)17-28(24-7-5-6-8-25(24)32-4)34(29,30)22-15-13-21(31-3)14-16-22/h5-16H,17H2,1-4H3. The number of anilines is 1. The van der Waals surface area contributed by atoms with Crippen LogP contribution in [0, 0.1) is 13.8 Å². The Morgan fingerprint density at radius 2 is 1.56 bits per heavy atom. The van der Waals surface area contributed by atoms with Gasteiger partial charge >= 0.3 is 0 Å². The van der Waals surface area contributed by atoms with Gasteiger partial charge in [-0.25, -0.2) is 13.4 Å². The molecule has 0 spiro atoms. The van der Waals surface area contributed by atoms with Crippen LogP contribution in [-0.2, 0) is 16.6 Å². The number of para-hydroxylation sites is 2. The van der Waals surface area contributed by atoms with E-state index in [0.717, 1.165) is 11.1 Å². The number of hydrogen-bond acceptors (Lipinski definition) is 6. The Morgan fingerprint density at radius 1 is 0.882 bits per heavy atom. The highest BCUT2D eigenvalue weighted by molar-refractivity contribution is 7.92. The summed E-state index contributed by atoms with van der Waals surface area (Å²) in [5, 5.41) is 0. The summed E-state index contributed by atoms with van der Waals surface area (Å²) < 4.78 is 45.4. The number of aromatic nitrogens is 1. The number of ether oxygens (including phenoxy) is 2. The van der Waals surface area contributed by atoms with Crippen LogP contribution in [0.1, 0.15) is 17.0 Å². The smallest absolute Gasteiger partial charge is 0.264 e. The number of hydrogen-bond donors (Lipinski definition) is 0. The van der Waals surface area contributed by atoms with E-state index in [-0.39, 0.29) is 11.4 Å². The van der Waals surface area contributed by atoms with E-state index in [1.807, 2.05) is 31.2 Å². The minimum absolute atomic E-state index is 0.0318. The van der Waals surface area contributed by atoms with Crippen LogP contribution in [0.15, 0.2) is 82.1 Å². The minimum Gasteiger partial charge on any atom is -0.497 e. The molecule has 1 heterocycles. The zero-order valence-electron chi connectivity index (χ0n) is 19.5. The maximum absolute atomic E-state index is 13.8. The second kappa shape index (κ2) is 9.61.